The smallest absolute Gasteiger partial charge is 0.319 e. The van der Waals surface area contributed by atoms with Gasteiger partial charge in [0, 0.05) is 13.6 Å². The molecule has 1 rings (SSSR count). The molecule has 0 radical (unpaired) electrons. The van der Waals surface area contributed by atoms with Crippen molar-refractivity contribution in [3.05, 3.63) is 24.3 Å². The van der Waals surface area contributed by atoms with Gasteiger partial charge in [-0.1, -0.05) is 12.1 Å². The molecule has 0 aliphatic carbocycles. The lowest BCUT2D eigenvalue weighted by Gasteiger charge is -2.13. The minimum atomic E-state index is -0.251. The van der Waals surface area contributed by atoms with Gasteiger partial charge in [0.25, 0.3) is 0 Å². The van der Waals surface area contributed by atoms with E-state index in [2.05, 4.69) is 15.5 Å². The van der Waals surface area contributed by atoms with Gasteiger partial charge >= 0.3 is 6.03 Å². The Morgan fingerprint density at radius 1 is 1.33 bits per heavy atom. The van der Waals surface area contributed by atoms with Crippen LogP contribution in [0.3, 0.4) is 0 Å². The highest BCUT2D eigenvalue weighted by Gasteiger charge is 2.05. The van der Waals surface area contributed by atoms with Crippen molar-refractivity contribution in [2.24, 2.45) is 0 Å². The Balaban J connectivity index is 2.51. The van der Waals surface area contributed by atoms with Gasteiger partial charge in [-0.2, -0.15) is 0 Å². The van der Waals surface area contributed by atoms with Crippen LogP contribution < -0.4 is 15.4 Å². The van der Waals surface area contributed by atoms with Crippen molar-refractivity contribution in [3.63, 3.8) is 0 Å². The predicted octanol–water partition coefficient (Wildman–Crippen LogP) is 1.77. The number of nitrogens with zero attached hydrogens (tertiary/aromatic N) is 1. The summed E-state index contributed by atoms with van der Waals surface area (Å²) in [5.74, 6) is 0.694. The number of nitrogens with one attached hydrogen (secondary N) is 2. The van der Waals surface area contributed by atoms with Crippen molar-refractivity contribution in [1.29, 1.82) is 0 Å². The van der Waals surface area contributed by atoms with Crippen LogP contribution in [0.25, 0.3) is 0 Å². The van der Waals surface area contributed by atoms with Gasteiger partial charge in [-0.15, -0.1) is 0 Å². The van der Waals surface area contributed by atoms with E-state index in [1.807, 2.05) is 38.4 Å². The van der Waals surface area contributed by atoms with Crippen molar-refractivity contribution >= 4 is 11.7 Å². The third kappa shape index (κ3) is 5.05. The number of urea groups is 1. The molecule has 5 nitrogen and oxygen atoms in total. The molecule has 1 aromatic rings. The summed E-state index contributed by atoms with van der Waals surface area (Å²) < 4.78 is 5.66. The normalized spacial score (nSPS) is 10.2. The first-order chi connectivity index (χ1) is 8.63. The second-order valence-electron chi connectivity index (χ2n) is 4.21. The number of hydrogen-bond donors (Lipinski definition) is 2. The third-order valence-corrected chi connectivity index (χ3v) is 2.37. The lowest BCUT2D eigenvalue weighted by atomic mass is 10.3. The Morgan fingerprint density at radius 3 is 2.72 bits per heavy atom. The largest absolute Gasteiger partial charge is 0.491 e. The van der Waals surface area contributed by atoms with Crippen LogP contribution in [0, 0.1) is 0 Å². The standard InChI is InChI=1S/C13H21N3O2/c1-14-13(17)15-11-7-4-5-8-12(11)18-10-6-9-16(2)3/h4-5,7-8H,6,9-10H2,1-3H3,(H2,14,15,17). The number of amides is 2. The fraction of sp³-hybridized carbons (Fsp3) is 0.462. The summed E-state index contributed by atoms with van der Waals surface area (Å²) in [4.78, 5) is 13.4. The van der Waals surface area contributed by atoms with E-state index in [1.54, 1.807) is 7.05 Å². The van der Waals surface area contributed by atoms with Gasteiger partial charge in [0.1, 0.15) is 5.75 Å². The van der Waals surface area contributed by atoms with Crippen LogP contribution in [-0.4, -0.2) is 45.2 Å². The molecule has 2 amide bonds. The molecule has 0 bridgehead atoms. The molecule has 0 saturated carbocycles. The molecule has 18 heavy (non-hydrogen) atoms. The number of ether oxygens (including phenoxy) is 1. The molecular weight excluding hydrogens is 230 g/mol. The van der Waals surface area contributed by atoms with Crippen LogP contribution in [0.15, 0.2) is 24.3 Å². The maximum Gasteiger partial charge on any atom is 0.319 e. The highest BCUT2D eigenvalue weighted by atomic mass is 16.5. The van der Waals surface area contributed by atoms with Crippen molar-refractivity contribution in [2.45, 2.75) is 6.42 Å². The molecule has 0 atom stereocenters. The van der Waals surface area contributed by atoms with E-state index >= 15 is 0 Å². The molecule has 2 N–H and O–H groups in total. The lowest BCUT2D eigenvalue weighted by molar-refractivity contribution is 0.253. The summed E-state index contributed by atoms with van der Waals surface area (Å²) in [5.41, 5.74) is 0.682. The SMILES string of the molecule is CNC(=O)Nc1ccccc1OCCCN(C)C. The average molecular weight is 251 g/mol. The molecule has 0 unspecified atom stereocenters. The molecule has 5 heteroatoms. The maximum atomic E-state index is 11.3. The van der Waals surface area contributed by atoms with Gasteiger partial charge in [-0.3, -0.25) is 0 Å². The summed E-state index contributed by atoms with van der Waals surface area (Å²) in [6.45, 7) is 1.61. The van der Waals surface area contributed by atoms with Gasteiger partial charge in [-0.25, -0.2) is 4.79 Å². The van der Waals surface area contributed by atoms with E-state index in [9.17, 15) is 4.79 Å². The van der Waals surface area contributed by atoms with Gasteiger partial charge < -0.3 is 20.3 Å². The van der Waals surface area contributed by atoms with Crippen LogP contribution in [0.5, 0.6) is 5.75 Å². The zero-order valence-corrected chi connectivity index (χ0v) is 11.2. The molecular formula is C13H21N3O2. The molecule has 0 aliphatic rings. The average Bonchev–Trinajstić information content (AvgIpc) is 2.36. The van der Waals surface area contributed by atoms with E-state index in [4.69, 9.17) is 4.74 Å². The Hall–Kier alpha value is -1.75. The topological polar surface area (TPSA) is 53.6 Å². The quantitative estimate of drug-likeness (QED) is 0.758. The Morgan fingerprint density at radius 2 is 2.06 bits per heavy atom. The van der Waals surface area contributed by atoms with Crippen LogP contribution in [0.1, 0.15) is 6.42 Å². The predicted molar refractivity (Wildman–Crippen MR) is 73.2 cm³/mol. The molecule has 0 aromatic heterocycles. The monoisotopic (exact) mass is 251 g/mol. The molecule has 0 aliphatic heterocycles. The van der Waals surface area contributed by atoms with E-state index in [-0.39, 0.29) is 6.03 Å². The maximum absolute atomic E-state index is 11.3. The zero-order chi connectivity index (χ0) is 13.4. The van der Waals surface area contributed by atoms with Crippen LogP contribution in [0.2, 0.25) is 0 Å². The van der Waals surface area contributed by atoms with E-state index in [0.717, 1.165) is 13.0 Å². The summed E-state index contributed by atoms with van der Waals surface area (Å²) in [7, 11) is 5.64. The minimum Gasteiger partial charge on any atom is -0.491 e. The second-order valence-corrected chi connectivity index (χ2v) is 4.21. The summed E-state index contributed by atoms with van der Waals surface area (Å²) in [6, 6.07) is 7.16. The third-order valence-electron chi connectivity index (χ3n) is 2.37. The van der Waals surface area contributed by atoms with Gasteiger partial charge in [0.15, 0.2) is 0 Å². The molecule has 0 fully saturated rings. The molecule has 0 saturated heterocycles. The first-order valence-electron chi connectivity index (χ1n) is 5.98. The highest BCUT2D eigenvalue weighted by Crippen LogP contribution is 2.23. The molecule has 0 spiro atoms. The fourth-order valence-electron chi connectivity index (χ4n) is 1.44. The van der Waals surface area contributed by atoms with Crippen molar-refractivity contribution < 1.29 is 9.53 Å². The minimum absolute atomic E-state index is 0.251. The van der Waals surface area contributed by atoms with Crippen molar-refractivity contribution in [2.75, 3.05) is 39.6 Å². The van der Waals surface area contributed by atoms with E-state index < -0.39 is 0 Å². The number of para-hydroxylation sites is 2. The Labute approximate surface area is 108 Å². The summed E-state index contributed by atoms with van der Waals surface area (Å²) in [5, 5.41) is 5.24. The first-order valence-corrected chi connectivity index (χ1v) is 5.98. The molecule has 1 aromatic carbocycles. The number of benzene rings is 1. The van der Waals surface area contributed by atoms with Gasteiger partial charge in [-0.05, 0) is 32.6 Å². The van der Waals surface area contributed by atoms with E-state index in [0.29, 0.717) is 18.0 Å². The van der Waals surface area contributed by atoms with Gasteiger partial charge in [0.05, 0.1) is 12.3 Å². The number of rotatable bonds is 6. The van der Waals surface area contributed by atoms with Crippen LogP contribution in [-0.2, 0) is 0 Å². The molecule has 100 valence electrons. The zero-order valence-electron chi connectivity index (χ0n) is 11.2. The second kappa shape index (κ2) is 7.55. The van der Waals surface area contributed by atoms with Crippen LogP contribution >= 0.6 is 0 Å². The fourth-order valence-corrected chi connectivity index (χ4v) is 1.44. The summed E-state index contributed by atoms with van der Waals surface area (Å²) >= 11 is 0. The lowest BCUT2D eigenvalue weighted by Crippen LogP contribution is -2.24. The van der Waals surface area contributed by atoms with Crippen molar-refractivity contribution in [1.82, 2.24) is 10.2 Å². The molecule has 0 heterocycles. The first kappa shape index (κ1) is 14.3. The Bertz CT molecular complexity index is 380. The highest BCUT2D eigenvalue weighted by molar-refractivity contribution is 5.90. The van der Waals surface area contributed by atoms with Crippen molar-refractivity contribution in [3.8, 4) is 5.75 Å². The number of hydrogen-bond acceptors (Lipinski definition) is 3. The van der Waals surface area contributed by atoms with Gasteiger partial charge in [0.2, 0.25) is 0 Å². The number of carbonyl (C=O) groups excluding carboxylic acids is 1. The van der Waals surface area contributed by atoms with Crippen LogP contribution in [0.4, 0.5) is 10.5 Å². The summed E-state index contributed by atoms with van der Waals surface area (Å²) in [6.07, 6.45) is 0.946. The van der Waals surface area contributed by atoms with E-state index in [1.165, 1.54) is 0 Å². The Kier molecular flexibility index (Phi) is 6.00. The number of anilines is 1. The number of carbonyl (C=O) groups is 1.